The molecule has 1 aromatic rings. The molecule has 3 aliphatic carbocycles. The molecule has 1 heterocycles. The summed E-state index contributed by atoms with van der Waals surface area (Å²) in [6.07, 6.45) is 9.52. The van der Waals surface area contributed by atoms with Gasteiger partial charge in [0, 0.05) is 4.88 Å². The zero-order chi connectivity index (χ0) is 19.8. The largest absolute Gasteiger partial charge is 0.481 e. The summed E-state index contributed by atoms with van der Waals surface area (Å²) in [6.45, 7) is 2.04. The van der Waals surface area contributed by atoms with Gasteiger partial charge in [-0.05, 0) is 56.4 Å². The number of thiophene rings is 1. The number of esters is 1. The third kappa shape index (κ3) is 3.26. The van der Waals surface area contributed by atoms with Crippen LogP contribution in [-0.2, 0) is 27.2 Å². The van der Waals surface area contributed by atoms with Crippen LogP contribution in [0.4, 0.5) is 5.00 Å². The fourth-order valence-corrected chi connectivity index (χ4v) is 6.24. The number of fused-ring (bicyclic) bond motifs is 3. The van der Waals surface area contributed by atoms with Crippen molar-refractivity contribution in [2.45, 2.75) is 45.4 Å². The molecule has 1 saturated carbocycles. The van der Waals surface area contributed by atoms with Crippen LogP contribution in [0.25, 0.3) is 0 Å². The average molecular weight is 404 g/mol. The quantitative estimate of drug-likeness (QED) is 0.445. The number of amides is 1. The minimum atomic E-state index is -0.926. The van der Waals surface area contributed by atoms with E-state index in [-0.39, 0.29) is 24.3 Å². The molecule has 0 radical (unpaired) electrons. The first-order valence-corrected chi connectivity index (χ1v) is 10.9. The summed E-state index contributed by atoms with van der Waals surface area (Å²) in [6, 6.07) is 0. The van der Waals surface area contributed by atoms with Crippen LogP contribution in [-0.4, -0.2) is 29.6 Å². The Morgan fingerprint density at radius 2 is 1.86 bits per heavy atom. The maximum Gasteiger partial charge on any atom is 0.341 e. The molecule has 0 aromatic carbocycles. The van der Waals surface area contributed by atoms with Crippen molar-refractivity contribution < 1.29 is 24.2 Å². The molecule has 4 atom stereocenters. The van der Waals surface area contributed by atoms with Crippen molar-refractivity contribution in [1.29, 1.82) is 0 Å². The number of aliphatic carboxylic acids is 1. The van der Waals surface area contributed by atoms with Crippen molar-refractivity contribution in [3.8, 4) is 0 Å². The molecular weight excluding hydrogens is 378 g/mol. The molecule has 150 valence electrons. The van der Waals surface area contributed by atoms with Gasteiger partial charge in [0.15, 0.2) is 0 Å². The number of allylic oxidation sites excluding steroid dienone is 2. The highest BCUT2D eigenvalue weighted by Gasteiger charge is 2.51. The van der Waals surface area contributed by atoms with Gasteiger partial charge in [0.2, 0.25) is 5.91 Å². The highest BCUT2D eigenvalue weighted by atomic mass is 32.1. The second-order valence-electron chi connectivity index (χ2n) is 7.82. The monoisotopic (exact) mass is 403 g/mol. The molecule has 0 aliphatic heterocycles. The lowest BCUT2D eigenvalue weighted by Gasteiger charge is -2.23. The average Bonchev–Trinajstić information content (AvgIpc) is 3.31. The molecule has 0 saturated heterocycles. The van der Waals surface area contributed by atoms with Crippen molar-refractivity contribution in [3.63, 3.8) is 0 Å². The van der Waals surface area contributed by atoms with Crippen molar-refractivity contribution >= 4 is 34.2 Å². The number of carbonyl (C=O) groups excluding carboxylic acids is 2. The number of ether oxygens (including phenoxy) is 1. The van der Waals surface area contributed by atoms with Crippen LogP contribution in [0.15, 0.2) is 12.2 Å². The summed E-state index contributed by atoms with van der Waals surface area (Å²) in [7, 11) is 0. The van der Waals surface area contributed by atoms with Crippen molar-refractivity contribution in [1.82, 2.24) is 0 Å². The maximum absolute atomic E-state index is 13.1. The van der Waals surface area contributed by atoms with Gasteiger partial charge in [-0.1, -0.05) is 18.6 Å². The van der Waals surface area contributed by atoms with Gasteiger partial charge in [0.1, 0.15) is 5.00 Å². The predicted molar refractivity (Wildman–Crippen MR) is 106 cm³/mol. The molecule has 0 unspecified atom stereocenters. The zero-order valence-corrected chi connectivity index (χ0v) is 16.7. The van der Waals surface area contributed by atoms with E-state index in [4.69, 9.17) is 4.74 Å². The number of carboxylic acids is 1. The van der Waals surface area contributed by atoms with E-state index in [0.717, 1.165) is 42.5 Å². The molecule has 3 aliphatic rings. The number of hydrogen-bond acceptors (Lipinski definition) is 5. The zero-order valence-electron chi connectivity index (χ0n) is 15.9. The van der Waals surface area contributed by atoms with E-state index in [1.165, 1.54) is 11.3 Å². The number of nitrogens with one attached hydrogen (secondary N) is 1. The minimum absolute atomic E-state index is 0.0464. The molecule has 2 N–H and O–H groups in total. The van der Waals surface area contributed by atoms with E-state index in [9.17, 15) is 19.5 Å². The molecule has 0 spiro atoms. The van der Waals surface area contributed by atoms with Gasteiger partial charge in [0.05, 0.1) is 24.0 Å². The standard InChI is InChI=1S/C21H25NO5S/c1-2-27-21(26)17-13-6-4-3-5-7-14(13)28-19(17)22-18(23)15-11-8-9-12(10-11)16(15)20(24)25/h8-9,11-12,15-16H,2-7,10H2,1H3,(H,22,23)(H,24,25)/t11-,12+,15-,16+/m1/s1. The van der Waals surface area contributed by atoms with E-state index in [1.54, 1.807) is 6.92 Å². The molecular formula is C21H25NO5S. The Morgan fingerprint density at radius 3 is 2.57 bits per heavy atom. The Bertz CT molecular complexity index is 842. The summed E-state index contributed by atoms with van der Waals surface area (Å²) in [4.78, 5) is 38.6. The summed E-state index contributed by atoms with van der Waals surface area (Å²) in [5.41, 5.74) is 1.47. The third-order valence-electron chi connectivity index (χ3n) is 6.18. The topological polar surface area (TPSA) is 92.7 Å². The molecule has 2 bridgehead atoms. The summed E-state index contributed by atoms with van der Waals surface area (Å²) in [5, 5.41) is 13.1. The van der Waals surface area contributed by atoms with Crippen LogP contribution in [0.1, 0.15) is 53.4 Å². The van der Waals surface area contributed by atoms with E-state index < -0.39 is 23.8 Å². The van der Waals surface area contributed by atoms with Crippen LogP contribution in [0.3, 0.4) is 0 Å². The maximum atomic E-state index is 13.1. The second kappa shape index (κ2) is 7.70. The van der Waals surface area contributed by atoms with Crippen LogP contribution >= 0.6 is 11.3 Å². The van der Waals surface area contributed by atoms with E-state index in [1.807, 2.05) is 12.2 Å². The second-order valence-corrected chi connectivity index (χ2v) is 8.92. The Hall–Kier alpha value is -2.15. The summed E-state index contributed by atoms with van der Waals surface area (Å²) >= 11 is 1.45. The Morgan fingerprint density at radius 1 is 1.14 bits per heavy atom. The van der Waals surface area contributed by atoms with Crippen LogP contribution in [0.2, 0.25) is 0 Å². The lowest BCUT2D eigenvalue weighted by atomic mass is 9.82. The fraction of sp³-hybridized carbons (Fsp3) is 0.571. The number of anilines is 1. The number of aryl methyl sites for hydroxylation is 1. The lowest BCUT2D eigenvalue weighted by Crippen LogP contribution is -2.36. The molecule has 4 rings (SSSR count). The minimum Gasteiger partial charge on any atom is -0.481 e. The lowest BCUT2D eigenvalue weighted by molar-refractivity contribution is -0.146. The van der Waals surface area contributed by atoms with Crippen molar-refractivity contribution in [2.75, 3.05) is 11.9 Å². The normalized spacial score (nSPS) is 27.9. The molecule has 6 nitrogen and oxygen atoms in total. The molecule has 1 fully saturated rings. The van der Waals surface area contributed by atoms with Gasteiger partial charge in [-0.2, -0.15) is 0 Å². The van der Waals surface area contributed by atoms with Crippen molar-refractivity contribution in [3.05, 3.63) is 28.2 Å². The molecule has 1 aromatic heterocycles. The van der Waals surface area contributed by atoms with Gasteiger partial charge >= 0.3 is 11.9 Å². The van der Waals surface area contributed by atoms with Gasteiger partial charge in [-0.3, -0.25) is 9.59 Å². The number of carboxylic acid groups (broad SMARTS) is 1. The molecule has 28 heavy (non-hydrogen) atoms. The van der Waals surface area contributed by atoms with Gasteiger partial charge in [0.25, 0.3) is 0 Å². The van der Waals surface area contributed by atoms with Gasteiger partial charge in [-0.25, -0.2) is 4.79 Å². The number of hydrogen-bond donors (Lipinski definition) is 2. The summed E-state index contributed by atoms with van der Waals surface area (Å²) < 4.78 is 5.26. The van der Waals surface area contributed by atoms with Crippen molar-refractivity contribution in [2.24, 2.45) is 23.7 Å². The van der Waals surface area contributed by atoms with Gasteiger partial charge < -0.3 is 15.2 Å². The van der Waals surface area contributed by atoms with Crippen LogP contribution in [0, 0.1) is 23.7 Å². The number of rotatable bonds is 5. The van der Waals surface area contributed by atoms with Crippen LogP contribution in [0.5, 0.6) is 0 Å². The van der Waals surface area contributed by atoms with E-state index in [2.05, 4.69) is 5.32 Å². The smallest absolute Gasteiger partial charge is 0.341 e. The highest BCUT2D eigenvalue weighted by Crippen LogP contribution is 2.49. The molecule has 7 heteroatoms. The first-order chi connectivity index (χ1) is 13.5. The Labute approximate surface area is 168 Å². The Kier molecular flexibility index (Phi) is 5.27. The number of carbonyl (C=O) groups is 3. The van der Waals surface area contributed by atoms with E-state index in [0.29, 0.717) is 17.0 Å². The first-order valence-electron chi connectivity index (χ1n) is 10.0. The van der Waals surface area contributed by atoms with E-state index >= 15 is 0 Å². The Balaban J connectivity index is 1.64. The molecule has 1 amide bonds. The highest BCUT2D eigenvalue weighted by molar-refractivity contribution is 7.17. The van der Waals surface area contributed by atoms with Crippen LogP contribution < -0.4 is 5.32 Å². The fourth-order valence-electron chi connectivity index (χ4n) is 4.96. The first kappa shape index (κ1) is 19.2. The SMILES string of the molecule is CCOC(=O)c1c(NC(=O)[C@H]2[C@@H](C(=O)O)[C@H]3C=C[C@@H]2C3)sc2c1CCCCC2. The summed E-state index contributed by atoms with van der Waals surface area (Å²) in [5.74, 6) is -3.04. The predicted octanol–water partition coefficient (Wildman–Crippen LogP) is 3.66. The third-order valence-corrected chi connectivity index (χ3v) is 7.39. The van der Waals surface area contributed by atoms with Gasteiger partial charge in [-0.15, -0.1) is 11.3 Å².